The van der Waals surface area contributed by atoms with Crippen LogP contribution in [0.5, 0.6) is 0 Å². The van der Waals surface area contributed by atoms with Crippen molar-refractivity contribution in [3.63, 3.8) is 0 Å². The Balaban J connectivity index is 1.80. The molecule has 0 aliphatic heterocycles. The van der Waals surface area contributed by atoms with E-state index in [1.807, 2.05) is 11.8 Å². The third-order valence-corrected chi connectivity index (χ3v) is 4.74. The fraction of sp³-hybridized carbons (Fsp3) is 0.571. The number of hydrogen-bond donors (Lipinski definition) is 1. The Morgan fingerprint density at radius 2 is 2.12 bits per heavy atom. The number of benzene rings is 1. The van der Waals surface area contributed by atoms with E-state index in [2.05, 4.69) is 35.8 Å². The first-order chi connectivity index (χ1) is 8.28. The summed E-state index contributed by atoms with van der Waals surface area (Å²) in [6, 6.07) is 8.60. The first-order valence-electron chi connectivity index (χ1n) is 6.11. The van der Waals surface area contributed by atoms with E-state index < -0.39 is 0 Å². The van der Waals surface area contributed by atoms with Crippen molar-refractivity contribution in [2.24, 2.45) is 0 Å². The highest BCUT2D eigenvalue weighted by Crippen LogP contribution is 2.46. The molecule has 3 heteroatoms. The van der Waals surface area contributed by atoms with Gasteiger partial charge in [-0.05, 0) is 30.2 Å². The topological polar surface area (TPSA) is 21.3 Å². The van der Waals surface area contributed by atoms with Crippen molar-refractivity contribution >= 4 is 11.8 Å². The van der Waals surface area contributed by atoms with Gasteiger partial charge >= 0.3 is 0 Å². The summed E-state index contributed by atoms with van der Waals surface area (Å²) in [5.74, 6) is 0. The van der Waals surface area contributed by atoms with Crippen molar-refractivity contribution < 1.29 is 4.74 Å². The third kappa shape index (κ3) is 3.73. The lowest BCUT2D eigenvalue weighted by Gasteiger charge is -2.13. The Hall–Kier alpha value is -0.510. The highest BCUT2D eigenvalue weighted by atomic mass is 32.2. The van der Waals surface area contributed by atoms with Crippen LogP contribution in [0.2, 0.25) is 0 Å². The quantitative estimate of drug-likeness (QED) is 0.805. The summed E-state index contributed by atoms with van der Waals surface area (Å²) in [5, 5.41) is 3.56. The van der Waals surface area contributed by atoms with Crippen molar-refractivity contribution in [2.75, 3.05) is 19.9 Å². The zero-order valence-electron chi connectivity index (χ0n) is 10.7. The zero-order valence-corrected chi connectivity index (χ0v) is 11.5. The van der Waals surface area contributed by atoms with Crippen LogP contribution in [0.25, 0.3) is 0 Å². The Morgan fingerprint density at radius 1 is 1.35 bits per heavy atom. The number of hydrogen-bond acceptors (Lipinski definition) is 3. The van der Waals surface area contributed by atoms with Crippen molar-refractivity contribution in [3.8, 4) is 0 Å². The standard InChI is InChI=1S/C14H21NOS/c1-16-10-13-5-3-4-12(8-13)9-15-11-14(17-2)6-7-14/h3-5,8,15H,6-7,9-11H2,1-2H3. The van der Waals surface area contributed by atoms with Crippen LogP contribution in [0.4, 0.5) is 0 Å². The minimum atomic E-state index is 0.546. The van der Waals surface area contributed by atoms with Gasteiger partial charge in [-0.15, -0.1) is 0 Å². The van der Waals surface area contributed by atoms with E-state index in [-0.39, 0.29) is 0 Å². The second-order valence-corrected chi connectivity index (χ2v) is 6.02. The van der Waals surface area contributed by atoms with Crippen LogP contribution in [0, 0.1) is 0 Å². The van der Waals surface area contributed by atoms with Crippen LogP contribution in [-0.4, -0.2) is 24.7 Å². The summed E-state index contributed by atoms with van der Waals surface area (Å²) in [7, 11) is 1.74. The normalized spacial score (nSPS) is 17.1. The van der Waals surface area contributed by atoms with E-state index in [1.165, 1.54) is 24.0 Å². The van der Waals surface area contributed by atoms with Crippen LogP contribution in [-0.2, 0) is 17.9 Å². The first kappa shape index (κ1) is 12.9. The summed E-state index contributed by atoms with van der Waals surface area (Å²) in [6.45, 7) is 2.78. The van der Waals surface area contributed by atoms with E-state index in [0.717, 1.165) is 13.1 Å². The number of nitrogens with one attached hydrogen (secondary N) is 1. The van der Waals surface area contributed by atoms with Crippen molar-refractivity contribution in [3.05, 3.63) is 35.4 Å². The molecule has 1 fully saturated rings. The summed E-state index contributed by atoms with van der Waals surface area (Å²) in [6.07, 6.45) is 4.95. The number of rotatable bonds is 7. The van der Waals surface area contributed by atoms with Gasteiger partial charge in [0.15, 0.2) is 0 Å². The molecule has 1 aliphatic carbocycles. The van der Waals surface area contributed by atoms with Gasteiger partial charge in [0.2, 0.25) is 0 Å². The minimum Gasteiger partial charge on any atom is -0.380 e. The average molecular weight is 251 g/mol. The van der Waals surface area contributed by atoms with Crippen LogP contribution >= 0.6 is 11.8 Å². The molecule has 2 nitrogen and oxygen atoms in total. The molecule has 0 aromatic heterocycles. The molecule has 1 saturated carbocycles. The van der Waals surface area contributed by atoms with Gasteiger partial charge in [0.05, 0.1) is 6.61 Å². The second kappa shape index (κ2) is 5.89. The van der Waals surface area contributed by atoms with E-state index in [4.69, 9.17) is 4.74 Å². The fourth-order valence-corrected chi connectivity index (χ4v) is 2.78. The monoisotopic (exact) mass is 251 g/mol. The molecule has 1 N–H and O–H groups in total. The molecule has 0 spiro atoms. The van der Waals surface area contributed by atoms with Gasteiger partial charge < -0.3 is 10.1 Å². The van der Waals surface area contributed by atoms with Crippen molar-refractivity contribution in [2.45, 2.75) is 30.7 Å². The van der Waals surface area contributed by atoms with Gasteiger partial charge in [-0.1, -0.05) is 24.3 Å². The molecule has 94 valence electrons. The highest BCUT2D eigenvalue weighted by molar-refractivity contribution is 8.00. The minimum absolute atomic E-state index is 0.546. The largest absolute Gasteiger partial charge is 0.380 e. The van der Waals surface area contributed by atoms with Gasteiger partial charge in [0, 0.05) is 24.9 Å². The van der Waals surface area contributed by atoms with Gasteiger partial charge in [-0.2, -0.15) is 11.8 Å². The van der Waals surface area contributed by atoms with Crippen LogP contribution in [0.3, 0.4) is 0 Å². The number of thioether (sulfide) groups is 1. The van der Waals surface area contributed by atoms with E-state index >= 15 is 0 Å². The molecule has 1 aromatic carbocycles. The maximum absolute atomic E-state index is 5.15. The lowest BCUT2D eigenvalue weighted by atomic mass is 10.1. The molecule has 0 heterocycles. The summed E-state index contributed by atoms with van der Waals surface area (Å²) in [4.78, 5) is 0. The molecule has 0 atom stereocenters. The molecule has 17 heavy (non-hydrogen) atoms. The molecular formula is C14H21NOS. The van der Waals surface area contributed by atoms with Gasteiger partial charge in [0.25, 0.3) is 0 Å². The molecule has 2 rings (SSSR count). The summed E-state index contributed by atoms with van der Waals surface area (Å²) in [5.41, 5.74) is 2.59. The molecular weight excluding hydrogens is 230 g/mol. The van der Waals surface area contributed by atoms with E-state index in [9.17, 15) is 0 Å². The Bertz CT molecular complexity index is 363. The molecule has 0 radical (unpaired) electrons. The summed E-state index contributed by atoms with van der Waals surface area (Å²) >= 11 is 2.00. The molecule has 0 unspecified atom stereocenters. The molecule has 0 amide bonds. The SMILES string of the molecule is COCc1cccc(CNCC2(SC)CC2)c1. The zero-order chi connectivity index (χ0) is 12.1. The van der Waals surface area contributed by atoms with Crippen molar-refractivity contribution in [1.82, 2.24) is 5.32 Å². The van der Waals surface area contributed by atoms with Crippen LogP contribution in [0.1, 0.15) is 24.0 Å². The highest BCUT2D eigenvalue weighted by Gasteiger charge is 2.41. The molecule has 0 bridgehead atoms. The number of methoxy groups -OCH3 is 1. The maximum Gasteiger partial charge on any atom is 0.0713 e. The predicted molar refractivity (Wildman–Crippen MR) is 74.3 cm³/mol. The lowest BCUT2D eigenvalue weighted by Crippen LogP contribution is -2.25. The van der Waals surface area contributed by atoms with Crippen LogP contribution in [0.15, 0.2) is 24.3 Å². The molecule has 0 saturated heterocycles. The van der Waals surface area contributed by atoms with Gasteiger partial charge in [-0.3, -0.25) is 0 Å². The Labute approximate surface area is 108 Å². The maximum atomic E-state index is 5.15. The lowest BCUT2D eigenvalue weighted by molar-refractivity contribution is 0.185. The molecule has 1 aromatic rings. The fourth-order valence-electron chi connectivity index (χ4n) is 2.02. The third-order valence-electron chi connectivity index (χ3n) is 3.32. The van der Waals surface area contributed by atoms with E-state index in [0.29, 0.717) is 11.4 Å². The van der Waals surface area contributed by atoms with Crippen molar-refractivity contribution in [1.29, 1.82) is 0 Å². The Morgan fingerprint density at radius 3 is 2.76 bits per heavy atom. The second-order valence-electron chi connectivity index (χ2n) is 4.74. The first-order valence-corrected chi connectivity index (χ1v) is 7.33. The van der Waals surface area contributed by atoms with E-state index in [1.54, 1.807) is 7.11 Å². The smallest absolute Gasteiger partial charge is 0.0713 e. The average Bonchev–Trinajstić information content (AvgIpc) is 3.11. The van der Waals surface area contributed by atoms with Gasteiger partial charge in [0.1, 0.15) is 0 Å². The number of ether oxygens (including phenoxy) is 1. The molecule has 1 aliphatic rings. The van der Waals surface area contributed by atoms with Crippen LogP contribution < -0.4 is 5.32 Å². The Kier molecular flexibility index (Phi) is 4.48. The summed E-state index contributed by atoms with van der Waals surface area (Å²) < 4.78 is 5.69. The van der Waals surface area contributed by atoms with Gasteiger partial charge in [-0.25, -0.2) is 0 Å². The predicted octanol–water partition coefficient (Wildman–Crippen LogP) is 2.82.